The molecule has 146 valence electrons. The summed E-state index contributed by atoms with van der Waals surface area (Å²) in [4.78, 5) is 25.8. The number of epoxide rings is 1. The Balaban J connectivity index is 1.76. The molecule has 3 N–H and O–H groups in total. The molecule has 0 radical (unpaired) electrons. The molecule has 3 atom stereocenters. The number of rotatable bonds is 8. The minimum Gasteiger partial charge on any atom is -0.497 e. The highest BCUT2D eigenvalue weighted by Crippen LogP contribution is 2.32. The Morgan fingerprint density at radius 3 is 2.56 bits per heavy atom. The van der Waals surface area contributed by atoms with Crippen molar-refractivity contribution in [3.63, 3.8) is 0 Å². The van der Waals surface area contributed by atoms with Crippen LogP contribution in [0, 0.1) is 0 Å². The van der Waals surface area contributed by atoms with Crippen molar-refractivity contribution in [2.45, 2.75) is 56.7 Å². The summed E-state index contributed by atoms with van der Waals surface area (Å²) >= 11 is 0. The van der Waals surface area contributed by atoms with E-state index in [0.29, 0.717) is 24.3 Å². The molecule has 1 amide bonds. The number of hydrogen-bond donors (Lipinski definition) is 2. The molecule has 6 heteroatoms. The van der Waals surface area contributed by atoms with Gasteiger partial charge in [-0.3, -0.25) is 9.59 Å². The van der Waals surface area contributed by atoms with Crippen molar-refractivity contribution in [1.29, 1.82) is 0 Å². The van der Waals surface area contributed by atoms with Crippen molar-refractivity contribution in [1.82, 2.24) is 5.32 Å². The molecule has 1 aromatic carbocycles. The van der Waals surface area contributed by atoms with Gasteiger partial charge < -0.3 is 20.5 Å². The first-order valence-corrected chi connectivity index (χ1v) is 9.37. The van der Waals surface area contributed by atoms with Crippen LogP contribution >= 0.6 is 0 Å². The standard InChI is InChI=1S/C21H28N2O4/c1-20(13-27-20)18(24)17(12-14-6-4-5-7-14)23-19(25)21(2,22)15-8-10-16(26-3)11-9-15/h6,8-11,17H,4-5,7,12-13,22H2,1-3H3,(H,23,25)/t17-,20+,21-/m0/s1. The number of hydrogen-bond acceptors (Lipinski definition) is 5. The smallest absolute Gasteiger partial charge is 0.245 e. The van der Waals surface area contributed by atoms with Gasteiger partial charge in [0.05, 0.1) is 19.8 Å². The molecule has 0 bridgehead atoms. The lowest BCUT2D eigenvalue weighted by Crippen LogP contribution is -2.55. The van der Waals surface area contributed by atoms with Crippen LogP contribution in [0.5, 0.6) is 5.75 Å². The van der Waals surface area contributed by atoms with Crippen LogP contribution in [0.1, 0.15) is 45.1 Å². The average Bonchev–Trinajstić information content (AvgIpc) is 3.20. The molecule has 0 saturated carbocycles. The first-order valence-electron chi connectivity index (χ1n) is 9.37. The van der Waals surface area contributed by atoms with Crippen LogP contribution in [0.25, 0.3) is 0 Å². The third kappa shape index (κ3) is 4.22. The van der Waals surface area contributed by atoms with E-state index in [1.54, 1.807) is 45.2 Å². The SMILES string of the molecule is COc1ccc([C@](C)(N)C(=O)N[C@@H](CC2=CCCC2)C(=O)[C@@]2(C)CO2)cc1. The van der Waals surface area contributed by atoms with Gasteiger partial charge in [0.25, 0.3) is 0 Å². The van der Waals surface area contributed by atoms with Crippen molar-refractivity contribution in [3.05, 3.63) is 41.5 Å². The highest BCUT2D eigenvalue weighted by molar-refractivity contribution is 5.98. The number of allylic oxidation sites excluding steroid dienone is 1. The number of carbonyl (C=O) groups excluding carboxylic acids is 2. The van der Waals surface area contributed by atoms with Gasteiger partial charge in [0.2, 0.25) is 5.91 Å². The van der Waals surface area contributed by atoms with Crippen molar-refractivity contribution in [3.8, 4) is 5.75 Å². The fraction of sp³-hybridized carbons (Fsp3) is 0.524. The number of ketones is 1. The van der Waals surface area contributed by atoms with Crippen molar-refractivity contribution >= 4 is 11.7 Å². The van der Waals surface area contributed by atoms with Gasteiger partial charge in [-0.1, -0.05) is 23.8 Å². The monoisotopic (exact) mass is 372 g/mol. The second-order valence-electron chi connectivity index (χ2n) is 7.80. The number of amides is 1. The Bertz CT molecular complexity index is 748. The summed E-state index contributed by atoms with van der Waals surface area (Å²) in [6.07, 6.45) is 5.77. The highest BCUT2D eigenvalue weighted by atomic mass is 16.6. The van der Waals surface area contributed by atoms with E-state index >= 15 is 0 Å². The molecule has 0 aromatic heterocycles. The minimum atomic E-state index is -1.26. The number of nitrogens with two attached hydrogens (primary N) is 1. The Labute approximate surface area is 160 Å². The zero-order chi connectivity index (χ0) is 19.7. The first-order chi connectivity index (χ1) is 12.8. The average molecular weight is 372 g/mol. The largest absolute Gasteiger partial charge is 0.497 e. The second kappa shape index (κ2) is 7.44. The lowest BCUT2D eigenvalue weighted by molar-refractivity contribution is -0.132. The number of methoxy groups -OCH3 is 1. The lowest BCUT2D eigenvalue weighted by Gasteiger charge is -2.28. The summed E-state index contributed by atoms with van der Waals surface area (Å²) in [6, 6.07) is 6.42. The van der Waals surface area contributed by atoms with Gasteiger partial charge in [0.15, 0.2) is 5.78 Å². The topological polar surface area (TPSA) is 93.9 Å². The highest BCUT2D eigenvalue weighted by Gasteiger charge is 2.50. The van der Waals surface area contributed by atoms with Gasteiger partial charge in [-0.05, 0) is 57.2 Å². The Morgan fingerprint density at radius 2 is 2.04 bits per heavy atom. The number of carbonyl (C=O) groups is 2. The Morgan fingerprint density at radius 1 is 1.37 bits per heavy atom. The molecular weight excluding hydrogens is 344 g/mol. The van der Waals surface area contributed by atoms with Gasteiger partial charge in [-0.2, -0.15) is 0 Å². The number of ether oxygens (including phenoxy) is 2. The summed E-state index contributed by atoms with van der Waals surface area (Å²) in [7, 11) is 1.58. The third-order valence-corrected chi connectivity index (χ3v) is 5.48. The van der Waals surface area contributed by atoms with Crippen LogP contribution < -0.4 is 15.8 Å². The van der Waals surface area contributed by atoms with Crippen LogP contribution in [-0.4, -0.2) is 37.0 Å². The number of benzene rings is 1. The van der Waals surface area contributed by atoms with E-state index < -0.39 is 17.2 Å². The fourth-order valence-electron chi connectivity index (χ4n) is 3.39. The first kappa shape index (κ1) is 19.6. The Kier molecular flexibility index (Phi) is 5.40. The van der Waals surface area contributed by atoms with Gasteiger partial charge in [-0.25, -0.2) is 0 Å². The molecule has 1 aromatic rings. The minimum absolute atomic E-state index is 0.0887. The van der Waals surface area contributed by atoms with Crippen LogP contribution in [-0.2, 0) is 19.9 Å². The third-order valence-electron chi connectivity index (χ3n) is 5.48. The van der Waals surface area contributed by atoms with E-state index in [9.17, 15) is 9.59 Å². The quantitative estimate of drug-likeness (QED) is 0.539. The van der Waals surface area contributed by atoms with Gasteiger partial charge >= 0.3 is 0 Å². The summed E-state index contributed by atoms with van der Waals surface area (Å²) in [5, 5.41) is 2.89. The molecule has 0 unspecified atom stereocenters. The lowest BCUT2D eigenvalue weighted by atomic mass is 9.89. The van der Waals surface area contributed by atoms with Crippen molar-refractivity contribution < 1.29 is 19.1 Å². The predicted octanol–water partition coefficient (Wildman–Crippen LogP) is 2.21. The molecule has 3 rings (SSSR count). The molecule has 1 saturated heterocycles. The molecule has 1 fully saturated rings. The molecule has 0 spiro atoms. The summed E-state index contributed by atoms with van der Waals surface area (Å²) in [5.74, 6) is 0.220. The fourth-order valence-corrected chi connectivity index (χ4v) is 3.39. The maximum absolute atomic E-state index is 13.0. The van der Waals surface area contributed by atoms with Crippen LogP contribution in [0.4, 0.5) is 0 Å². The maximum atomic E-state index is 13.0. The molecule has 1 aliphatic carbocycles. The van der Waals surface area contributed by atoms with Crippen LogP contribution in [0.15, 0.2) is 35.9 Å². The molecular formula is C21H28N2O4. The van der Waals surface area contributed by atoms with E-state index in [1.165, 1.54) is 5.57 Å². The summed E-state index contributed by atoms with van der Waals surface area (Å²) < 4.78 is 10.5. The van der Waals surface area contributed by atoms with E-state index in [1.807, 2.05) is 0 Å². The van der Waals surface area contributed by atoms with Crippen LogP contribution in [0.2, 0.25) is 0 Å². The summed E-state index contributed by atoms with van der Waals surface area (Å²) in [6.45, 7) is 3.81. The summed E-state index contributed by atoms with van der Waals surface area (Å²) in [5.41, 5.74) is 6.15. The van der Waals surface area contributed by atoms with Crippen molar-refractivity contribution in [2.24, 2.45) is 5.73 Å². The van der Waals surface area contributed by atoms with Gasteiger partial charge in [0, 0.05) is 0 Å². The molecule has 1 heterocycles. The van der Waals surface area contributed by atoms with E-state index in [-0.39, 0.29) is 11.7 Å². The number of Topliss-reactive ketones (excluding diaryl/α,β-unsaturated/α-hetero) is 1. The number of nitrogens with one attached hydrogen (secondary N) is 1. The molecule has 6 nitrogen and oxygen atoms in total. The maximum Gasteiger partial charge on any atom is 0.245 e. The molecule has 1 aliphatic heterocycles. The van der Waals surface area contributed by atoms with Crippen LogP contribution in [0.3, 0.4) is 0 Å². The van der Waals surface area contributed by atoms with E-state index in [0.717, 1.165) is 19.3 Å². The molecule has 27 heavy (non-hydrogen) atoms. The zero-order valence-electron chi connectivity index (χ0n) is 16.2. The van der Waals surface area contributed by atoms with E-state index in [2.05, 4.69) is 11.4 Å². The van der Waals surface area contributed by atoms with E-state index in [4.69, 9.17) is 15.2 Å². The Hall–Kier alpha value is -2.18. The normalized spacial score (nSPS) is 24.5. The zero-order valence-corrected chi connectivity index (χ0v) is 16.2. The molecule has 2 aliphatic rings. The van der Waals surface area contributed by atoms with Gasteiger partial charge in [0.1, 0.15) is 16.9 Å². The predicted molar refractivity (Wildman–Crippen MR) is 102 cm³/mol. The van der Waals surface area contributed by atoms with Gasteiger partial charge in [-0.15, -0.1) is 0 Å². The van der Waals surface area contributed by atoms with Crippen molar-refractivity contribution in [2.75, 3.05) is 13.7 Å². The second-order valence-corrected chi connectivity index (χ2v) is 7.80.